The van der Waals surface area contributed by atoms with E-state index in [1.807, 2.05) is 0 Å². The van der Waals surface area contributed by atoms with Crippen LogP contribution in [0.1, 0.15) is 53.9 Å². The van der Waals surface area contributed by atoms with Crippen LogP contribution in [0.5, 0.6) is 0 Å². The van der Waals surface area contributed by atoms with Crippen LogP contribution in [0.15, 0.2) is 16.8 Å². The summed E-state index contributed by atoms with van der Waals surface area (Å²) in [7, 11) is 0. The highest BCUT2D eigenvalue weighted by Gasteiger charge is 2.38. The number of aliphatic imine (C=N–C) groups is 1. The number of aliphatic hydroxyl groups excluding tert-OH is 1. The zero-order chi connectivity index (χ0) is 18.8. The first kappa shape index (κ1) is 19.9. The number of carbonyl (C=O) groups excluding carboxylic acids is 1. The summed E-state index contributed by atoms with van der Waals surface area (Å²) in [5.74, 6) is -1.12. The lowest BCUT2D eigenvalue weighted by Crippen LogP contribution is -2.70. The quantitative estimate of drug-likeness (QED) is 0.471. The normalized spacial score (nSPS) is 34.2. The summed E-state index contributed by atoms with van der Waals surface area (Å²) < 4.78 is 0. The second-order valence-corrected chi connectivity index (χ2v) is 8.51. The van der Waals surface area contributed by atoms with E-state index in [0.29, 0.717) is 17.9 Å². The second kappa shape index (κ2) is 7.43. The summed E-state index contributed by atoms with van der Waals surface area (Å²) in [6, 6.07) is 0.264. The van der Waals surface area contributed by atoms with Gasteiger partial charge in [0, 0.05) is 24.5 Å². The first-order valence-electron chi connectivity index (χ1n) is 9.09. The molecule has 7 nitrogen and oxygen atoms in total. The molecule has 2 unspecified atom stereocenters. The minimum absolute atomic E-state index is 0.0279. The van der Waals surface area contributed by atoms with E-state index in [1.165, 1.54) is 6.21 Å². The number of primary amides is 1. The summed E-state index contributed by atoms with van der Waals surface area (Å²) in [5.41, 5.74) is 5.69. The predicted octanol–water partition coefficient (Wildman–Crippen LogP) is 0.804. The van der Waals surface area contributed by atoms with Gasteiger partial charge in [0.25, 0.3) is 5.91 Å². The van der Waals surface area contributed by atoms with Crippen molar-refractivity contribution >= 4 is 12.1 Å². The summed E-state index contributed by atoms with van der Waals surface area (Å²) in [6.45, 7) is 10.6. The van der Waals surface area contributed by atoms with Crippen LogP contribution < -0.4 is 21.7 Å². The Morgan fingerprint density at radius 2 is 2.16 bits per heavy atom. The second-order valence-electron chi connectivity index (χ2n) is 8.51. The maximum Gasteiger partial charge on any atom is 0.251 e. The largest absolute Gasteiger partial charge is 0.393 e. The third kappa shape index (κ3) is 5.03. The first-order valence-corrected chi connectivity index (χ1v) is 9.09. The predicted molar refractivity (Wildman–Crippen MR) is 99.6 cm³/mol. The molecular weight excluding hydrogens is 318 g/mol. The smallest absolute Gasteiger partial charge is 0.251 e. The minimum atomic E-state index is -0.920. The number of carbonyl (C=O) groups is 1. The molecule has 0 saturated heterocycles. The van der Waals surface area contributed by atoms with Gasteiger partial charge in [0.15, 0.2) is 0 Å². The van der Waals surface area contributed by atoms with Gasteiger partial charge in [0.1, 0.15) is 0 Å². The van der Waals surface area contributed by atoms with Crippen molar-refractivity contribution in [1.29, 1.82) is 0 Å². The SMILES string of the molecule is CC(NC1(N[C@@H]2CC[C@@H](C)[C@H](O)C2)N=CC(C(N)=O)=CN1)C(C)(C)C. The Hall–Kier alpha value is -1.44. The molecule has 1 amide bonds. The molecule has 0 aromatic rings. The highest BCUT2D eigenvalue weighted by Crippen LogP contribution is 2.27. The van der Waals surface area contributed by atoms with Gasteiger partial charge in [-0.1, -0.05) is 27.7 Å². The van der Waals surface area contributed by atoms with Gasteiger partial charge in [-0.2, -0.15) is 0 Å². The van der Waals surface area contributed by atoms with Gasteiger partial charge in [0.05, 0.1) is 11.7 Å². The van der Waals surface area contributed by atoms with Crippen molar-refractivity contribution < 1.29 is 9.90 Å². The standard InChI is InChI=1S/C18H33N5O2/c1-11-6-7-14(8-15(11)24)23-18(22-12(2)17(3,4)5)20-9-13(10-21-18)16(19)25/h9-12,14-15,20,22-24H,6-8H2,1-5H3,(H2,19,25)/t11-,12?,14-,15-,18?/m1/s1. The Bertz CT molecular complexity index is 554. The molecule has 0 radical (unpaired) electrons. The number of hydrogen-bond acceptors (Lipinski definition) is 6. The molecular formula is C18H33N5O2. The lowest BCUT2D eigenvalue weighted by atomic mass is 9.84. The molecule has 142 valence electrons. The summed E-state index contributed by atoms with van der Waals surface area (Å²) in [6.07, 6.45) is 5.39. The van der Waals surface area contributed by atoms with Crippen LogP contribution in [0.3, 0.4) is 0 Å². The molecule has 5 atom stereocenters. The summed E-state index contributed by atoms with van der Waals surface area (Å²) in [4.78, 5) is 15.9. The highest BCUT2D eigenvalue weighted by molar-refractivity contribution is 6.11. The fourth-order valence-electron chi connectivity index (χ4n) is 3.01. The van der Waals surface area contributed by atoms with Gasteiger partial charge in [-0.15, -0.1) is 0 Å². The van der Waals surface area contributed by atoms with E-state index in [2.05, 4.69) is 55.6 Å². The van der Waals surface area contributed by atoms with E-state index in [-0.39, 0.29) is 23.6 Å². The Kier molecular flexibility index (Phi) is 5.91. The van der Waals surface area contributed by atoms with Gasteiger partial charge in [-0.25, -0.2) is 4.99 Å². The van der Waals surface area contributed by atoms with Crippen molar-refractivity contribution in [3.8, 4) is 0 Å². The van der Waals surface area contributed by atoms with E-state index in [1.54, 1.807) is 6.20 Å². The maximum atomic E-state index is 11.4. The van der Waals surface area contributed by atoms with Crippen LogP contribution in [0.4, 0.5) is 0 Å². The molecule has 2 rings (SSSR count). The Labute approximate surface area is 150 Å². The van der Waals surface area contributed by atoms with Crippen molar-refractivity contribution in [3.63, 3.8) is 0 Å². The van der Waals surface area contributed by atoms with Crippen molar-refractivity contribution in [2.75, 3.05) is 0 Å². The van der Waals surface area contributed by atoms with E-state index in [0.717, 1.165) is 12.8 Å². The van der Waals surface area contributed by atoms with Crippen LogP contribution in [-0.2, 0) is 4.79 Å². The molecule has 6 N–H and O–H groups in total. The van der Waals surface area contributed by atoms with E-state index in [4.69, 9.17) is 5.73 Å². The zero-order valence-corrected chi connectivity index (χ0v) is 16.0. The minimum Gasteiger partial charge on any atom is -0.393 e. The molecule has 1 aliphatic carbocycles. The van der Waals surface area contributed by atoms with Crippen molar-refractivity contribution in [2.45, 2.75) is 78.0 Å². The number of nitrogens with zero attached hydrogens (tertiary/aromatic N) is 1. The van der Waals surface area contributed by atoms with Crippen LogP contribution in [0.25, 0.3) is 0 Å². The van der Waals surface area contributed by atoms with E-state index in [9.17, 15) is 9.90 Å². The number of nitrogens with two attached hydrogens (primary N) is 1. The van der Waals surface area contributed by atoms with Gasteiger partial charge in [0.2, 0.25) is 5.91 Å². The molecule has 1 aliphatic heterocycles. The average Bonchev–Trinajstić information content (AvgIpc) is 2.50. The van der Waals surface area contributed by atoms with Gasteiger partial charge in [-0.05, 0) is 37.5 Å². The van der Waals surface area contributed by atoms with Crippen LogP contribution >= 0.6 is 0 Å². The molecule has 1 heterocycles. The van der Waals surface area contributed by atoms with Crippen LogP contribution in [0.2, 0.25) is 0 Å². The van der Waals surface area contributed by atoms with Crippen LogP contribution in [-0.4, -0.2) is 41.3 Å². The lowest BCUT2D eigenvalue weighted by molar-refractivity contribution is -0.114. The Morgan fingerprint density at radius 3 is 2.64 bits per heavy atom. The number of amides is 1. The van der Waals surface area contributed by atoms with Crippen molar-refractivity contribution in [1.82, 2.24) is 16.0 Å². The Balaban J connectivity index is 2.16. The zero-order valence-electron chi connectivity index (χ0n) is 16.0. The van der Waals surface area contributed by atoms with Crippen molar-refractivity contribution in [3.05, 3.63) is 11.8 Å². The van der Waals surface area contributed by atoms with Crippen LogP contribution in [0, 0.1) is 11.3 Å². The molecule has 7 heteroatoms. The molecule has 1 fully saturated rings. The Morgan fingerprint density at radius 1 is 1.48 bits per heavy atom. The molecule has 1 saturated carbocycles. The number of nitrogens with one attached hydrogen (secondary N) is 3. The summed E-state index contributed by atoms with van der Waals surface area (Å²) >= 11 is 0. The molecule has 2 aliphatic rings. The monoisotopic (exact) mass is 351 g/mol. The fourth-order valence-corrected chi connectivity index (χ4v) is 3.01. The molecule has 0 bridgehead atoms. The van der Waals surface area contributed by atoms with Crippen molar-refractivity contribution in [2.24, 2.45) is 22.1 Å². The highest BCUT2D eigenvalue weighted by atomic mass is 16.3. The lowest BCUT2D eigenvalue weighted by Gasteiger charge is -2.44. The van der Waals surface area contributed by atoms with E-state index < -0.39 is 11.8 Å². The third-order valence-electron chi connectivity index (χ3n) is 5.41. The molecule has 25 heavy (non-hydrogen) atoms. The number of aliphatic hydroxyl groups is 1. The summed E-state index contributed by atoms with van der Waals surface area (Å²) in [5, 5.41) is 20.4. The van der Waals surface area contributed by atoms with Gasteiger partial charge in [-0.3, -0.25) is 15.4 Å². The average molecular weight is 351 g/mol. The van der Waals surface area contributed by atoms with Gasteiger partial charge >= 0.3 is 0 Å². The first-order chi connectivity index (χ1) is 11.5. The molecule has 0 aromatic heterocycles. The number of rotatable bonds is 5. The maximum absolute atomic E-state index is 11.4. The molecule has 0 spiro atoms. The number of hydrogen-bond donors (Lipinski definition) is 5. The van der Waals surface area contributed by atoms with E-state index >= 15 is 0 Å². The van der Waals surface area contributed by atoms with Gasteiger partial charge < -0.3 is 16.2 Å². The fraction of sp³-hybridized carbons (Fsp3) is 0.778. The molecule has 0 aromatic carbocycles. The third-order valence-corrected chi connectivity index (χ3v) is 5.41. The topological polar surface area (TPSA) is 112 Å².